The summed E-state index contributed by atoms with van der Waals surface area (Å²) in [5.41, 5.74) is 12.4. The van der Waals surface area contributed by atoms with Crippen molar-refractivity contribution in [3.8, 4) is 44.5 Å². The van der Waals surface area contributed by atoms with Crippen LogP contribution < -0.4 is 4.90 Å². The van der Waals surface area contributed by atoms with E-state index in [9.17, 15) is 4.39 Å². The van der Waals surface area contributed by atoms with Gasteiger partial charge in [-0.15, -0.1) is 11.3 Å². The Bertz CT molecular complexity index is 3330. The van der Waals surface area contributed by atoms with Crippen LogP contribution in [-0.4, -0.2) is 0 Å². The summed E-state index contributed by atoms with van der Waals surface area (Å²) < 4.78 is 16.3. The summed E-state index contributed by atoms with van der Waals surface area (Å²) in [5, 5.41) is 7.41. The zero-order valence-corrected chi connectivity index (χ0v) is 32.8. The quantitative estimate of drug-likeness (QED) is 0.156. The number of halogens is 1. The third kappa shape index (κ3) is 6.33. The van der Waals surface area contributed by atoms with Crippen LogP contribution in [0.1, 0.15) is 0 Å². The van der Waals surface area contributed by atoms with Gasteiger partial charge in [-0.3, -0.25) is 0 Å². The molecule has 0 aliphatic carbocycles. The van der Waals surface area contributed by atoms with Crippen LogP contribution in [0.5, 0.6) is 0 Å². The zero-order valence-electron chi connectivity index (χ0n) is 32.0. The Morgan fingerprint density at radius 2 is 0.881 bits per heavy atom. The van der Waals surface area contributed by atoms with E-state index in [1.807, 2.05) is 23.5 Å². The average molecular weight is 774 g/mol. The van der Waals surface area contributed by atoms with Crippen molar-refractivity contribution in [2.45, 2.75) is 0 Å². The SMILES string of the molecule is Fc1ccc(-c2ccc(N(c3cccc(-c4cccc5ccccc45)c3)c3cccc4sc5cc(-c6cccc(-c7cccc8ccccc78)c6)ccc5c34)cc2)cc1. The van der Waals surface area contributed by atoms with Crippen molar-refractivity contribution >= 4 is 70.1 Å². The first-order valence-corrected chi connectivity index (χ1v) is 20.7. The van der Waals surface area contributed by atoms with Gasteiger partial charge in [-0.1, -0.05) is 158 Å². The van der Waals surface area contributed by atoms with Gasteiger partial charge in [0.2, 0.25) is 0 Å². The summed E-state index contributed by atoms with van der Waals surface area (Å²) in [4.78, 5) is 2.39. The second-order valence-corrected chi connectivity index (χ2v) is 16.1. The van der Waals surface area contributed by atoms with Gasteiger partial charge in [0, 0.05) is 31.5 Å². The number of nitrogens with zero attached hydrogens (tertiary/aromatic N) is 1. The van der Waals surface area contributed by atoms with Gasteiger partial charge in [-0.05, 0) is 127 Å². The van der Waals surface area contributed by atoms with E-state index in [1.165, 1.54) is 81.7 Å². The van der Waals surface area contributed by atoms with Crippen LogP contribution in [0.25, 0.3) is 86.2 Å². The first-order valence-electron chi connectivity index (χ1n) is 19.9. The van der Waals surface area contributed by atoms with Gasteiger partial charge in [0.15, 0.2) is 0 Å². The summed E-state index contributed by atoms with van der Waals surface area (Å²) in [5.74, 6) is -0.236. The van der Waals surface area contributed by atoms with Gasteiger partial charge < -0.3 is 4.90 Å². The number of hydrogen-bond donors (Lipinski definition) is 0. The van der Waals surface area contributed by atoms with Crippen LogP contribution in [0.2, 0.25) is 0 Å². The number of rotatable bonds is 7. The lowest BCUT2D eigenvalue weighted by molar-refractivity contribution is 0.628. The molecule has 278 valence electrons. The van der Waals surface area contributed by atoms with Crippen molar-refractivity contribution in [1.29, 1.82) is 0 Å². The molecule has 0 amide bonds. The van der Waals surface area contributed by atoms with Crippen molar-refractivity contribution < 1.29 is 4.39 Å². The highest BCUT2D eigenvalue weighted by Gasteiger charge is 2.20. The molecule has 0 atom stereocenters. The molecule has 1 heterocycles. The van der Waals surface area contributed by atoms with Crippen molar-refractivity contribution in [1.82, 2.24) is 0 Å². The van der Waals surface area contributed by atoms with Crippen LogP contribution in [0, 0.1) is 5.82 Å². The van der Waals surface area contributed by atoms with Crippen LogP contribution in [-0.2, 0) is 0 Å². The lowest BCUT2D eigenvalue weighted by Crippen LogP contribution is -2.10. The lowest BCUT2D eigenvalue weighted by atomic mass is 9.95. The smallest absolute Gasteiger partial charge is 0.123 e. The second-order valence-electron chi connectivity index (χ2n) is 15.0. The first kappa shape index (κ1) is 34.9. The Kier molecular flexibility index (Phi) is 8.61. The topological polar surface area (TPSA) is 3.24 Å². The van der Waals surface area contributed by atoms with E-state index < -0.39 is 0 Å². The normalized spacial score (nSPS) is 11.5. The van der Waals surface area contributed by atoms with E-state index in [1.54, 1.807) is 0 Å². The Balaban J connectivity index is 1.05. The molecule has 0 aliphatic heterocycles. The van der Waals surface area contributed by atoms with Gasteiger partial charge in [0.1, 0.15) is 5.82 Å². The monoisotopic (exact) mass is 773 g/mol. The van der Waals surface area contributed by atoms with E-state index in [-0.39, 0.29) is 5.82 Å². The number of thiophene rings is 1. The maximum Gasteiger partial charge on any atom is 0.123 e. The van der Waals surface area contributed by atoms with Crippen molar-refractivity contribution in [3.63, 3.8) is 0 Å². The molecule has 0 saturated carbocycles. The molecule has 11 aromatic rings. The third-order valence-electron chi connectivity index (χ3n) is 11.5. The van der Waals surface area contributed by atoms with Crippen LogP contribution in [0.3, 0.4) is 0 Å². The summed E-state index contributed by atoms with van der Waals surface area (Å²) in [6.07, 6.45) is 0. The second kappa shape index (κ2) is 14.6. The molecular formula is C56H36FNS. The maximum absolute atomic E-state index is 13.8. The highest BCUT2D eigenvalue weighted by molar-refractivity contribution is 7.26. The summed E-state index contributed by atoms with van der Waals surface area (Å²) in [6.45, 7) is 0. The number of fused-ring (bicyclic) bond motifs is 5. The third-order valence-corrected chi connectivity index (χ3v) is 12.6. The van der Waals surface area contributed by atoms with Crippen molar-refractivity contribution in [2.75, 3.05) is 4.90 Å². The van der Waals surface area contributed by atoms with Crippen molar-refractivity contribution in [2.24, 2.45) is 0 Å². The fraction of sp³-hybridized carbons (Fsp3) is 0. The van der Waals surface area contributed by atoms with Gasteiger partial charge in [-0.25, -0.2) is 4.39 Å². The number of hydrogen-bond acceptors (Lipinski definition) is 2. The fourth-order valence-corrected chi connectivity index (χ4v) is 9.84. The van der Waals surface area contributed by atoms with Crippen LogP contribution in [0.15, 0.2) is 218 Å². The first-order chi connectivity index (χ1) is 29.1. The molecule has 0 spiro atoms. The Hall–Kier alpha value is -7.33. The highest BCUT2D eigenvalue weighted by Crippen LogP contribution is 2.47. The molecule has 0 bridgehead atoms. The molecule has 0 saturated heterocycles. The van der Waals surface area contributed by atoms with Gasteiger partial charge in [0.05, 0.1) is 5.69 Å². The van der Waals surface area contributed by atoms with E-state index in [4.69, 9.17) is 0 Å². The Labute approximate surface area is 346 Å². The maximum atomic E-state index is 13.8. The molecule has 0 fully saturated rings. The molecule has 0 aliphatic rings. The molecule has 0 unspecified atom stereocenters. The van der Waals surface area contributed by atoms with Gasteiger partial charge in [0.25, 0.3) is 0 Å². The van der Waals surface area contributed by atoms with E-state index in [2.05, 4.69) is 199 Å². The standard InChI is InChI=1S/C56H36FNS/c57-45-29-24-37(25-30-45)38-26-31-46(32-27-38)58(47-17-6-16-44(35-47)51-21-8-13-40-11-2-4-19-49(40)51)53-22-9-23-54-56(53)52-33-28-42(36-55(52)59-54)41-14-5-15-43(34-41)50-20-7-12-39-10-1-3-18-48(39)50/h1-36H. The van der Waals surface area contributed by atoms with Crippen LogP contribution in [0.4, 0.5) is 21.5 Å². The van der Waals surface area contributed by atoms with E-state index in [0.717, 1.165) is 33.8 Å². The van der Waals surface area contributed by atoms with Gasteiger partial charge >= 0.3 is 0 Å². The average Bonchev–Trinajstić information content (AvgIpc) is 3.68. The fourth-order valence-electron chi connectivity index (χ4n) is 8.68. The molecule has 3 heteroatoms. The molecule has 1 nitrogen and oxygen atoms in total. The predicted molar refractivity (Wildman–Crippen MR) is 251 cm³/mol. The molecule has 0 radical (unpaired) electrons. The largest absolute Gasteiger partial charge is 0.310 e. The van der Waals surface area contributed by atoms with E-state index >= 15 is 0 Å². The summed E-state index contributed by atoms with van der Waals surface area (Å²) >= 11 is 1.84. The molecule has 1 aromatic heterocycles. The summed E-state index contributed by atoms with van der Waals surface area (Å²) in [6, 6.07) is 77.0. The Morgan fingerprint density at radius 1 is 0.339 bits per heavy atom. The summed E-state index contributed by atoms with van der Waals surface area (Å²) in [7, 11) is 0. The molecule has 0 N–H and O–H groups in total. The van der Waals surface area contributed by atoms with E-state index in [0.29, 0.717) is 0 Å². The minimum Gasteiger partial charge on any atom is -0.310 e. The molecule has 11 rings (SSSR count). The zero-order chi connectivity index (χ0) is 39.3. The van der Waals surface area contributed by atoms with Gasteiger partial charge in [-0.2, -0.15) is 0 Å². The minimum atomic E-state index is -0.236. The molecular weight excluding hydrogens is 738 g/mol. The Morgan fingerprint density at radius 3 is 1.59 bits per heavy atom. The molecule has 59 heavy (non-hydrogen) atoms. The highest BCUT2D eigenvalue weighted by atomic mass is 32.1. The predicted octanol–water partition coefficient (Wildman–Crippen LogP) is 16.6. The number of anilines is 3. The van der Waals surface area contributed by atoms with Crippen molar-refractivity contribution in [3.05, 3.63) is 224 Å². The number of benzene rings is 10. The minimum absolute atomic E-state index is 0.236. The van der Waals surface area contributed by atoms with Crippen LogP contribution >= 0.6 is 11.3 Å². The lowest BCUT2D eigenvalue weighted by Gasteiger charge is -2.27. The molecule has 10 aromatic carbocycles.